The monoisotopic (exact) mass is 550 g/mol. The van der Waals surface area contributed by atoms with Gasteiger partial charge < -0.3 is 5.32 Å². The molecule has 1 amide bonds. The zero-order valence-corrected chi connectivity index (χ0v) is 21.4. The third-order valence-electron chi connectivity index (χ3n) is 6.72. The van der Waals surface area contributed by atoms with Crippen molar-refractivity contribution >= 4 is 33.5 Å². The number of fused-ring (bicyclic) bond motifs is 3. The maximum atomic E-state index is 13.5. The Hall–Kier alpha value is -5.31. The number of rotatable bonds is 5. The van der Waals surface area contributed by atoms with E-state index in [1.165, 1.54) is 22.8 Å². The fraction of sp³-hybridized carbons (Fsp3) is 0.0625. The van der Waals surface area contributed by atoms with Crippen molar-refractivity contribution in [1.29, 1.82) is 0 Å². The molecule has 0 saturated carbocycles. The third kappa shape index (κ3) is 5.29. The van der Waals surface area contributed by atoms with Crippen LogP contribution in [-0.2, 0) is 17.4 Å². The number of aromatic nitrogens is 3. The van der Waals surface area contributed by atoms with E-state index in [-0.39, 0.29) is 18.0 Å². The highest BCUT2D eigenvalue weighted by Crippen LogP contribution is 2.33. The van der Waals surface area contributed by atoms with Crippen LogP contribution in [0.3, 0.4) is 0 Å². The third-order valence-corrected chi connectivity index (χ3v) is 6.72. The molecular weight excluding hydrogens is 529 g/mol. The molecule has 6 aromatic rings. The molecule has 0 spiro atoms. The average molecular weight is 551 g/mol. The summed E-state index contributed by atoms with van der Waals surface area (Å²) in [5.41, 5.74) is 2.20. The summed E-state index contributed by atoms with van der Waals surface area (Å²) in [6, 6.07) is 26.0. The van der Waals surface area contributed by atoms with E-state index in [4.69, 9.17) is 0 Å². The normalized spacial score (nSPS) is 11.6. The van der Waals surface area contributed by atoms with Gasteiger partial charge in [-0.2, -0.15) is 13.2 Å². The minimum atomic E-state index is -4.55. The number of carbonyl (C=O) groups is 1. The summed E-state index contributed by atoms with van der Waals surface area (Å²) in [6.07, 6.45) is -1.11. The second-order valence-electron chi connectivity index (χ2n) is 9.49. The van der Waals surface area contributed by atoms with Crippen molar-refractivity contribution in [3.05, 3.63) is 131 Å². The summed E-state index contributed by atoms with van der Waals surface area (Å²) >= 11 is 0. The topological polar surface area (TPSA) is 76.9 Å². The number of nitrogens with one attached hydrogen (secondary N) is 1. The lowest BCUT2D eigenvalue weighted by Crippen LogP contribution is -2.18. The van der Waals surface area contributed by atoms with Crippen molar-refractivity contribution in [2.45, 2.75) is 12.6 Å². The van der Waals surface area contributed by atoms with Gasteiger partial charge in [-0.15, -0.1) is 0 Å². The highest BCUT2D eigenvalue weighted by molar-refractivity contribution is 6.05. The number of benzene rings is 3. The molecule has 41 heavy (non-hydrogen) atoms. The van der Waals surface area contributed by atoms with Crippen molar-refractivity contribution in [1.82, 2.24) is 14.5 Å². The van der Waals surface area contributed by atoms with Crippen LogP contribution in [0.1, 0.15) is 11.1 Å². The van der Waals surface area contributed by atoms with Crippen LogP contribution in [0.15, 0.2) is 114 Å². The zero-order valence-electron chi connectivity index (χ0n) is 21.4. The maximum absolute atomic E-state index is 13.5. The van der Waals surface area contributed by atoms with Gasteiger partial charge in [-0.1, -0.05) is 42.5 Å². The van der Waals surface area contributed by atoms with Crippen LogP contribution >= 0.6 is 0 Å². The SMILES string of the molecule is O=C(Cc1ccccc1)Nc1ccc(-c2ccc3ncc4ccc(=O)n(-c5cccc(C(F)(F)F)c5)c4c3c2)cn1. The summed E-state index contributed by atoms with van der Waals surface area (Å²) in [4.78, 5) is 34.3. The first kappa shape index (κ1) is 25.9. The predicted octanol–water partition coefficient (Wildman–Crippen LogP) is 6.80. The molecule has 6 nitrogen and oxygen atoms in total. The maximum Gasteiger partial charge on any atom is 0.416 e. The average Bonchev–Trinajstić information content (AvgIpc) is 2.97. The highest BCUT2D eigenvalue weighted by Gasteiger charge is 2.30. The number of alkyl halides is 3. The van der Waals surface area contributed by atoms with Gasteiger partial charge in [-0.25, -0.2) is 4.98 Å². The van der Waals surface area contributed by atoms with Gasteiger partial charge in [0.15, 0.2) is 0 Å². The van der Waals surface area contributed by atoms with Crippen molar-refractivity contribution in [2.24, 2.45) is 0 Å². The fourth-order valence-electron chi connectivity index (χ4n) is 4.78. The molecule has 3 heterocycles. The number of pyridine rings is 3. The molecule has 6 rings (SSSR count). The Morgan fingerprint density at radius 2 is 1.61 bits per heavy atom. The number of hydrogen-bond acceptors (Lipinski definition) is 4. The number of carbonyl (C=O) groups excluding carboxylic acids is 1. The van der Waals surface area contributed by atoms with Crippen LogP contribution in [0.2, 0.25) is 0 Å². The molecule has 0 bridgehead atoms. The predicted molar refractivity (Wildman–Crippen MR) is 152 cm³/mol. The van der Waals surface area contributed by atoms with E-state index in [9.17, 15) is 22.8 Å². The molecule has 202 valence electrons. The molecule has 0 saturated heterocycles. The van der Waals surface area contributed by atoms with Crippen LogP contribution in [0.5, 0.6) is 0 Å². The van der Waals surface area contributed by atoms with Gasteiger partial charge in [0, 0.05) is 40.5 Å². The van der Waals surface area contributed by atoms with E-state index in [0.29, 0.717) is 27.6 Å². The summed E-state index contributed by atoms with van der Waals surface area (Å²) in [7, 11) is 0. The molecule has 3 aromatic heterocycles. The van der Waals surface area contributed by atoms with Crippen LogP contribution in [0.4, 0.5) is 19.0 Å². The van der Waals surface area contributed by atoms with Crippen molar-refractivity contribution in [3.8, 4) is 16.8 Å². The molecule has 3 aromatic carbocycles. The van der Waals surface area contributed by atoms with E-state index in [0.717, 1.165) is 28.8 Å². The first-order valence-corrected chi connectivity index (χ1v) is 12.7. The lowest BCUT2D eigenvalue weighted by atomic mass is 10.0. The van der Waals surface area contributed by atoms with Gasteiger partial charge in [-0.05, 0) is 59.7 Å². The first-order chi connectivity index (χ1) is 19.8. The molecule has 0 aliphatic rings. The Morgan fingerprint density at radius 1 is 0.805 bits per heavy atom. The number of amides is 1. The molecule has 0 unspecified atom stereocenters. The van der Waals surface area contributed by atoms with Gasteiger partial charge >= 0.3 is 6.18 Å². The minimum absolute atomic E-state index is 0.102. The smallest absolute Gasteiger partial charge is 0.310 e. The minimum Gasteiger partial charge on any atom is -0.310 e. The molecule has 0 aliphatic carbocycles. The molecule has 0 atom stereocenters. The number of hydrogen-bond donors (Lipinski definition) is 1. The van der Waals surface area contributed by atoms with Gasteiger partial charge in [0.1, 0.15) is 5.82 Å². The molecule has 0 fully saturated rings. The molecular formula is C32H21F3N4O2. The molecule has 0 radical (unpaired) electrons. The van der Waals surface area contributed by atoms with Gasteiger partial charge in [-0.3, -0.25) is 19.1 Å². The second kappa shape index (κ2) is 10.3. The summed E-state index contributed by atoms with van der Waals surface area (Å²) in [5.74, 6) is 0.216. The van der Waals surface area contributed by atoms with E-state index < -0.39 is 17.3 Å². The Balaban J connectivity index is 1.39. The Kier molecular flexibility index (Phi) is 6.55. The van der Waals surface area contributed by atoms with Crippen molar-refractivity contribution in [3.63, 3.8) is 0 Å². The van der Waals surface area contributed by atoms with Gasteiger partial charge in [0.25, 0.3) is 5.56 Å². The van der Waals surface area contributed by atoms with E-state index in [1.807, 2.05) is 48.5 Å². The lowest BCUT2D eigenvalue weighted by molar-refractivity contribution is -0.137. The molecule has 1 N–H and O–H groups in total. The molecule has 0 aliphatic heterocycles. The second-order valence-corrected chi connectivity index (χ2v) is 9.49. The van der Waals surface area contributed by atoms with Crippen LogP contribution in [0, 0.1) is 0 Å². The lowest BCUT2D eigenvalue weighted by Gasteiger charge is -2.15. The van der Waals surface area contributed by atoms with E-state index in [1.54, 1.807) is 30.6 Å². The quantitative estimate of drug-likeness (QED) is 0.240. The standard InChI is InChI=1S/C32H21F3N4O2/c33-32(34,35)24-7-4-8-25(17-24)39-30(41)14-11-23-19-36-27-12-9-21(16-26(27)31(23)39)22-10-13-28(37-18-22)38-29(40)15-20-5-2-1-3-6-20/h1-14,16-19H,15H2,(H,37,38,40). The number of anilines is 1. The van der Waals surface area contributed by atoms with Crippen molar-refractivity contribution < 1.29 is 18.0 Å². The zero-order chi connectivity index (χ0) is 28.6. The molecule has 9 heteroatoms. The number of nitrogens with zero attached hydrogens (tertiary/aromatic N) is 3. The fourth-order valence-corrected chi connectivity index (χ4v) is 4.78. The first-order valence-electron chi connectivity index (χ1n) is 12.7. The van der Waals surface area contributed by atoms with E-state index >= 15 is 0 Å². The van der Waals surface area contributed by atoms with E-state index in [2.05, 4.69) is 15.3 Å². The van der Waals surface area contributed by atoms with Crippen molar-refractivity contribution in [2.75, 3.05) is 5.32 Å². The summed E-state index contributed by atoms with van der Waals surface area (Å²) in [6.45, 7) is 0. The van der Waals surface area contributed by atoms with Crippen LogP contribution in [-0.4, -0.2) is 20.4 Å². The van der Waals surface area contributed by atoms with Crippen LogP contribution in [0.25, 0.3) is 38.6 Å². The Bertz CT molecular complexity index is 1970. The Morgan fingerprint density at radius 3 is 2.37 bits per heavy atom. The van der Waals surface area contributed by atoms with Crippen LogP contribution < -0.4 is 10.9 Å². The number of halogens is 3. The largest absolute Gasteiger partial charge is 0.416 e. The van der Waals surface area contributed by atoms with Gasteiger partial charge in [0.2, 0.25) is 5.91 Å². The highest BCUT2D eigenvalue weighted by atomic mass is 19.4. The Labute approximate surface area is 231 Å². The van der Waals surface area contributed by atoms with Gasteiger partial charge in [0.05, 0.1) is 23.0 Å². The summed E-state index contributed by atoms with van der Waals surface area (Å²) < 4.78 is 41.7. The summed E-state index contributed by atoms with van der Waals surface area (Å²) in [5, 5.41) is 3.98.